The molecule has 2 bridgehead atoms. The Hall–Kier alpha value is -1.96. The third-order valence-electron chi connectivity index (χ3n) is 5.12. The number of non-ortho nitro benzene ring substituents is 1. The molecule has 3 rings (SSSR count). The Bertz CT molecular complexity index is 708. The van der Waals surface area contributed by atoms with Gasteiger partial charge in [-0.2, -0.15) is 0 Å². The van der Waals surface area contributed by atoms with Gasteiger partial charge >= 0.3 is 5.97 Å². The Labute approximate surface area is 153 Å². The van der Waals surface area contributed by atoms with Gasteiger partial charge in [0.05, 0.1) is 10.6 Å². The number of nitro benzene ring substituents is 1. The van der Waals surface area contributed by atoms with Crippen LogP contribution in [0.4, 0.5) is 11.4 Å². The van der Waals surface area contributed by atoms with Crippen LogP contribution in [0.5, 0.6) is 0 Å². The van der Waals surface area contributed by atoms with E-state index in [1.807, 2.05) is 0 Å². The number of amides is 1. The molecule has 0 saturated heterocycles. The normalized spacial score (nSPS) is 24.1. The number of ether oxygens (including phenoxy) is 1. The van der Waals surface area contributed by atoms with Gasteiger partial charge in [-0.15, -0.1) is 0 Å². The number of anilines is 1. The van der Waals surface area contributed by atoms with Gasteiger partial charge in [0.15, 0.2) is 6.61 Å². The number of halogens is 1. The molecule has 0 aromatic heterocycles. The van der Waals surface area contributed by atoms with Crippen molar-refractivity contribution < 1.29 is 19.2 Å². The standard InChI is InChI=1S/C17H19BrN2O5/c18-14-8-13(20(23)24)3-4-15(14)19-16(21)9-25-17(22)7-12-6-10-1-2-11(12)5-10/h3-4,8,10-12H,1-2,5-7,9H2,(H,19,21)/t10-,11-,12+/m1/s1. The zero-order chi connectivity index (χ0) is 18.0. The molecule has 134 valence electrons. The number of carbonyl (C=O) groups is 2. The zero-order valence-corrected chi connectivity index (χ0v) is 15.2. The van der Waals surface area contributed by atoms with Crippen LogP contribution >= 0.6 is 15.9 Å². The fourth-order valence-electron chi connectivity index (χ4n) is 3.95. The molecule has 25 heavy (non-hydrogen) atoms. The molecule has 0 unspecified atom stereocenters. The number of esters is 1. The van der Waals surface area contributed by atoms with Gasteiger partial charge in [-0.25, -0.2) is 0 Å². The first-order valence-corrected chi connectivity index (χ1v) is 9.11. The van der Waals surface area contributed by atoms with Crippen LogP contribution in [0, 0.1) is 27.9 Å². The van der Waals surface area contributed by atoms with E-state index in [-0.39, 0.29) is 18.3 Å². The summed E-state index contributed by atoms with van der Waals surface area (Å²) in [5.41, 5.74) is 0.307. The summed E-state index contributed by atoms with van der Waals surface area (Å²) in [7, 11) is 0. The topological polar surface area (TPSA) is 98.5 Å². The lowest BCUT2D eigenvalue weighted by Crippen LogP contribution is -2.23. The van der Waals surface area contributed by atoms with E-state index in [0.29, 0.717) is 28.4 Å². The molecule has 7 nitrogen and oxygen atoms in total. The van der Waals surface area contributed by atoms with Gasteiger partial charge < -0.3 is 10.1 Å². The highest BCUT2D eigenvalue weighted by atomic mass is 79.9. The van der Waals surface area contributed by atoms with Crippen LogP contribution in [0.15, 0.2) is 22.7 Å². The second-order valence-corrected chi connectivity index (χ2v) is 7.62. The zero-order valence-electron chi connectivity index (χ0n) is 13.6. The number of rotatable bonds is 6. The number of hydrogen-bond acceptors (Lipinski definition) is 5. The molecular weight excluding hydrogens is 392 g/mol. The molecule has 2 aliphatic carbocycles. The number of benzene rings is 1. The number of nitro groups is 1. The smallest absolute Gasteiger partial charge is 0.306 e. The van der Waals surface area contributed by atoms with E-state index in [0.717, 1.165) is 12.3 Å². The summed E-state index contributed by atoms with van der Waals surface area (Å²) in [5, 5.41) is 13.3. The number of carbonyl (C=O) groups excluding carboxylic acids is 2. The van der Waals surface area contributed by atoms with Crippen LogP contribution in [-0.2, 0) is 14.3 Å². The molecule has 2 aliphatic rings. The molecule has 0 spiro atoms. The van der Waals surface area contributed by atoms with Crippen molar-refractivity contribution in [1.29, 1.82) is 0 Å². The Morgan fingerprint density at radius 1 is 1.32 bits per heavy atom. The second kappa shape index (κ2) is 7.51. The van der Waals surface area contributed by atoms with Crippen LogP contribution < -0.4 is 5.32 Å². The van der Waals surface area contributed by atoms with Crippen LogP contribution in [0.1, 0.15) is 32.1 Å². The summed E-state index contributed by atoms with van der Waals surface area (Å²) in [6, 6.07) is 4.02. The Kier molecular flexibility index (Phi) is 5.36. The Morgan fingerprint density at radius 3 is 2.72 bits per heavy atom. The average molecular weight is 411 g/mol. The largest absolute Gasteiger partial charge is 0.456 e. The fourth-order valence-corrected chi connectivity index (χ4v) is 4.42. The van der Waals surface area contributed by atoms with Gasteiger partial charge in [0.25, 0.3) is 11.6 Å². The Morgan fingerprint density at radius 2 is 2.12 bits per heavy atom. The molecule has 0 radical (unpaired) electrons. The van der Waals surface area contributed by atoms with E-state index in [2.05, 4.69) is 21.2 Å². The van der Waals surface area contributed by atoms with Crippen LogP contribution in [0.3, 0.4) is 0 Å². The second-order valence-electron chi connectivity index (χ2n) is 6.77. The van der Waals surface area contributed by atoms with Gasteiger partial charge in [0.1, 0.15) is 0 Å². The van der Waals surface area contributed by atoms with E-state index in [4.69, 9.17) is 4.74 Å². The molecule has 1 amide bonds. The average Bonchev–Trinajstić information content (AvgIpc) is 3.17. The van der Waals surface area contributed by atoms with Gasteiger partial charge in [-0.3, -0.25) is 19.7 Å². The first-order chi connectivity index (χ1) is 11.9. The predicted octanol–water partition coefficient (Wildman–Crippen LogP) is 3.67. The number of nitrogens with zero attached hydrogens (tertiary/aromatic N) is 1. The third kappa shape index (κ3) is 4.36. The van der Waals surface area contributed by atoms with Crippen molar-refractivity contribution in [1.82, 2.24) is 0 Å². The maximum atomic E-state index is 11.9. The van der Waals surface area contributed by atoms with Crippen LogP contribution in [0.25, 0.3) is 0 Å². The van der Waals surface area contributed by atoms with Crippen molar-refractivity contribution in [3.63, 3.8) is 0 Å². The maximum absolute atomic E-state index is 11.9. The molecule has 2 fully saturated rings. The summed E-state index contributed by atoms with van der Waals surface area (Å²) in [5.74, 6) is 0.998. The minimum atomic E-state index is -0.520. The van der Waals surface area contributed by atoms with Crippen LogP contribution in [0.2, 0.25) is 0 Å². The van der Waals surface area contributed by atoms with E-state index in [9.17, 15) is 19.7 Å². The lowest BCUT2D eigenvalue weighted by Gasteiger charge is -2.20. The third-order valence-corrected chi connectivity index (χ3v) is 5.77. The van der Waals surface area contributed by atoms with Crippen molar-refractivity contribution in [2.24, 2.45) is 17.8 Å². The van der Waals surface area contributed by atoms with E-state index in [1.54, 1.807) is 0 Å². The van der Waals surface area contributed by atoms with Crippen molar-refractivity contribution in [2.45, 2.75) is 32.1 Å². The SMILES string of the molecule is O=C(COC(=O)C[C@@H]1C[C@@H]2CC[C@@H]1C2)Nc1ccc([N+](=O)[O-])cc1Br. The monoisotopic (exact) mass is 410 g/mol. The van der Waals surface area contributed by atoms with Gasteiger partial charge in [0.2, 0.25) is 0 Å². The van der Waals surface area contributed by atoms with Gasteiger partial charge in [-0.1, -0.05) is 6.42 Å². The van der Waals surface area contributed by atoms with E-state index < -0.39 is 10.8 Å². The predicted molar refractivity (Wildman–Crippen MR) is 93.9 cm³/mol. The van der Waals surface area contributed by atoms with E-state index >= 15 is 0 Å². The van der Waals surface area contributed by atoms with Gasteiger partial charge in [-0.05, 0) is 59.0 Å². The highest BCUT2D eigenvalue weighted by molar-refractivity contribution is 9.10. The molecular formula is C17H19BrN2O5. The molecule has 8 heteroatoms. The minimum absolute atomic E-state index is 0.0813. The molecule has 0 heterocycles. The lowest BCUT2D eigenvalue weighted by atomic mass is 9.86. The number of nitrogens with one attached hydrogen (secondary N) is 1. The van der Waals surface area contributed by atoms with Crippen molar-refractivity contribution >= 4 is 39.2 Å². The quantitative estimate of drug-likeness (QED) is 0.438. The lowest BCUT2D eigenvalue weighted by molar-refractivity contribution is -0.384. The summed E-state index contributed by atoms with van der Waals surface area (Å²) < 4.78 is 5.46. The fraction of sp³-hybridized carbons (Fsp3) is 0.529. The highest BCUT2D eigenvalue weighted by Crippen LogP contribution is 2.49. The molecule has 3 atom stereocenters. The Balaban J connectivity index is 1.45. The summed E-state index contributed by atoms with van der Waals surface area (Å²) >= 11 is 3.17. The van der Waals surface area contributed by atoms with Gasteiger partial charge in [0, 0.05) is 23.0 Å². The van der Waals surface area contributed by atoms with Crippen LogP contribution in [-0.4, -0.2) is 23.4 Å². The summed E-state index contributed by atoms with van der Waals surface area (Å²) in [4.78, 5) is 34.0. The number of fused-ring (bicyclic) bond motifs is 2. The maximum Gasteiger partial charge on any atom is 0.306 e. The first kappa shape index (κ1) is 17.8. The molecule has 1 aromatic carbocycles. The first-order valence-electron chi connectivity index (χ1n) is 8.31. The van der Waals surface area contributed by atoms with E-state index in [1.165, 1.54) is 37.5 Å². The van der Waals surface area contributed by atoms with Crippen molar-refractivity contribution in [3.05, 3.63) is 32.8 Å². The molecule has 1 N–H and O–H groups in total. The summed E-state index contributed by atoms with van der Waals surface area (Å²) in [6.07, 6.45) is 5.20. The van der Waals surface area contributed by atoms with Crippen molar-refractivity contribution in [3.8, 4) is 0 Å². The summed E-state index contributed by atoms with van der Waals surface area (Å²) in [6.45, 7) is -0.358. The number of hydrogen-bond donors (Lipinski definition) is 1. The molecule has 1 aromatic rings. The highest BCUT2D eigenvalue weighted by Gasteiger charge is 2.40. The molecule has 2 saturated carbocycles. The minimum Gasteiger partial charge on any atom is -0.456 e. The van der Waals surface area contributed by atoms with Crippen molar-refractivity contribution in [2.75, 3.05) is 11.9 Å². The molecule has 0 aliphatic heterocycles.